The first-order chi connectivity index (χ1) is 12.4. The molecule has 1 aliphatic rings. The highest BCUT2D eigenvalue weighted by Gasteiger charge is 2.28. The third-order valence-electron chi connectivity index (χ3n) is 4.51. The van der Waals surface area contributed by atoms with Crippen molar-refractivity contribution in [3.05, 3.63) is 59.7 Å². The zero-order valence-corrected chi connectivity index (χ0v) is 15.6. The molecular formula is C19H22N2O4S. The number of carbonyl (C=O) groups is 1. The average molecular weight is 374 g/mol. The van der Waals surface area contributed by atoms with Gasteiger partial charge >= 0.3 is 0 Å². The van der Waals surface area contributed by atoms with Gasteiger partial charge in [-0.15, -0.1) is 0 Å². The van der Waals surface area contributed by atoms with Gasteiger partial charge in [0, 0.05) is 13.1 Å². The lowest BCUT2D eigenvalue weighted by Gasteiger charge is -2.31. The first-order valence-corrected chi connectivity index (χ1v) is 9.91. The van der Waals surface area contributed by atoms with E-state index in [-0.39, 0.29) is 10.8 Å². The average Bonchev–Trinajstić information content (AvgIpc) is 2.66. The van der Waals surface area contributed by atoms with Gasteiger partial charge in [-0.1, -0.05) is 24.3 Å². The zero-order valence-electron chi connectivity index (χ0n) is 14.8. The maximum atomic E-state index is 12.7. The molecule has 1 atom stereocenters. The molecule has 138 valence electrons. The Morgan fingerprint density at radius 2 is 1.77 bits per heavy atom. The highest BCUT2D eigenvalue weighted by Crippen LogP contribution is 2.20. The van der Waals surface area contributed by atoms with Gasteiger partial charge in [0.1, 0.15) is 5.75 Å². The molecule has 1 aliphatic heterocycles. The van der Waals surface area contributed by atoms with Crippen LogP contribution in [0.3, 0.4) is 0 Å². The second-order valence-corrected chi connectivity index (χ2v) is 8.01. The van der Waals surface area contributed by atoms with E-state index in [0.717, 1.165) is 12.0 Å². The van der Waals surface area contributed by atoms with Crippen LogP contribution in [0.5, 0.6) is 5.75 Å². The zero-order chi connectivity index (χ0) is 18.7. The lowest BCUT2D eigenvalue weighted by Crippen LogP contribution is -2.48. The molecular weight excluding hydrogens is 352 g/mol. The van der Waals surface area contributed by atoms with Gasteiger partial charge in [0.25, 0.3) is 0 Å². The summed E-state index contributed by atoms with van der Waals surface area (Å²) in [5, 5.41) is 0. The van der Waals surface area contributed by atoms with E-state index in [2.05, 4.69) is 10.8 Å². The molecule has 2 aromatic carbocycles. The Balaban J connectivity index is 1.69. The predicted molar refractivity (Wildman–Crippen MR) is 98.3 cm³/mol. The van der Waals surface area contributed by atoms with Gasteiger partial charge in [0.15, 0.2) is 0 Å². The molecule has 0 saturated carbocycles. The highest BCUT2D eigenvalue weighted by atomic mass is 32.2. The van der Waals surface area contributed by atoms with Gasteiger partial charge in [-0.25, -0.2) is 8.42 Å². The topological polar surface area (TPSA) is 75.7 Å². The lowest BCUT2D eigenvalue weighted by molar-refractivity contribution is -0.133. The van der Waals surface area contributed by atoms with Crippen molar-refractivity contribution in [1.82, 2.24) is 9.62 Å². The number of ether oxygens (including phenoxy) is 1. The summed E-state index contributed by atoms with van der Waals surface area (Å²) >= 11 is 0. The largest absolute Gasteiger partial charge is 0.497 e. The lowest BCUT2D eigenvalue weighted by atomic mass is 9.99. The number of benzene rings is 2. The number of rotatable bonds is 5. The summed E-state index contributed by atoms with van der Waals surface area (Å²) in [6, 6.07) is 13.2. The van der Waals surface area contributed by atoms with E-state index in [4.69, 9.17) is 4.74 Å². The van der Waals surface area contributed by atoms with Crippen molar-refractivity contribution < 1.29 is 17.9 Å². The third kappa shape index (κ3) is 3.89. The Morgan fingerprint density at radius 3 is 2.42 bits per heavy atom. The van der Waals surface area contributed by atoms with Crippen molar-refractivity contribution in [2.75, 3.05) is 13.7 Å². The number of nitrogens with one attached hydrogen (secondary N) is 1. The Labute approximate surface area is 153 Å². The molecule has 0 aromatic heterocycles. The maximum Gasteiger partial charge on any atom is 0.241 e. The molecule has 6 nitrogen and oxygen atoms in total. The number of carbonyl (C=O) groups excluding carboxylic acids is 1. The second kappa shape index (κ2) is 7.47. The minimum absolute atomic E-state index is 0.0990. The van der Waals surface area contributed by atoms with Crippen LogP contribution in [0.1, 0.15) is 18.1 Å². The standard InChI is InChI=1S/C19H22N2O4S/c1-14(20-26(23,24)18-9-7-17(25-2)8-10-18)19(22)21-12-11-15-5-3-4-6-16(15)13-21/h3-10,14,20H,11-13H2,1-2H3/t14-/m0/s1. The van der Waals surface area contributed by atoms with Crippen LogP contribution in [0.4, 0.5) is 0 Å². The highest BCUT2D eigenvalue weighted by molar-refractivity contribution is 7.89. The van der Waals surface area contributed by atoms with Crippen molar-refractivity contribution in [2.45, 2.75) is 30.8 Å². The number of nitrogens with zero attached hydrogens (tertiary/aromatic N) is 1. The fraction of sp³-hybridized carbons (Fsp3) is 0.316. The van der Waals surface area contributed by atoms with Crippen molar-refractivity contribution in [3.63, 3.8) is 0 Å². The third-order valence-corrected chi connectivity index (χ3v) is 6.07. The Kier molecular flexibility index (Phi) is 5.29. The van der Waals surface area contributed by atoms with Gasteiger partial charge < -0.3 is 9.64 Å². The maximum absolute atomic E-state index is 12.7. The number of hydrogen-bond donors (Lipinski definition) is 1. The van der Waals surface area contributed by atoms with E-state index >= 15 is 0 Å². The minimum atomic E-state index is -3.78. The first-order valence-electron chi connectivity index (χ1n) is 8.42. The van der Waals surface area contributed by atoms with Crippen LogP contribution in [0.25, 0.3) is 0 Å². The van der Waals surface area contributed by atoms with Gasteiger partial charge in [-0.3, -0.25) is 4.79 Å². The molecule has 0 radical (unpaired) electrons. The summed E-state index contributed by atoms with van der Waals surface area (Å²) in [5.41, 5.74) is 2.35. The summed E-state index contributed by atoms with van der Waals surface area (Å²) in [6.45, 7) is 2.66. The number of methoxy groups -OCH3 is 1. The van der Waals surface area contributed by atoms with E-state index in [0.29, 0.717) is 18.8 Å². The van der Waals surface area contributed by atoms with E-state index < -0.39 is 16.1 Å². The molecule has 1 heterocycles. The van der Waals surface area contributed by atoms with Crippen LogP contribution in [0.2, 0.25) is 0 Å². The van der Waals surface area contributed by atoms with Gasteiger partial charge in [0.2, 0.25) is 15.9 Å². The molecule has 0 unspecified atom stereocenters. The van der Waals surface area contributed by atoms with E-state index in [1.54, 1.807) is 24.0 Å². The van der Waals surface area contributed by atoms with Gasteiger partial charge in [-0.2, -0.15) is 4.72 Å². The number of hydrogen-bond acceptors (Lipinski definition) is 4. The van der Waals surface area contributed by atoms with Gasteiger partial charge in [-0.05, 0) is 48.7 Å². The SMILES string of the molecule is COc1ccc(S(=O)(=O)N[C@@H](C)C(=O)N2CCc3ccccc3C2)cc1. The summed E-state index contributed by atoms with van der Waals surface area (Å²) < 4.78 is 32.5. The van der Waals surface area contributed by atoms with Crippen LogP contribution in [-0.4, -0.2) is 38.9 Å². The Morgan fingerprint density at radius 1 is 1.12 bits per heavy atom. The smallest absolute Gasteiger partial charge is 0.241 e. The summed E-state index contributed by atoms with van der Waals surface area (Å²) in [7, 11) is -2.27. The Bertz CT molecular complexity index is 894. The molecule has 7 heteroatoms. The molecule has 0 fully saturated rings. The number of sulfonamides is 1. The number of amides is 1. The summed E-state index contributed by atoms with van der Waals surface area (Å²) in [4.78, 5) is 14.5. The molecule has 0 aliphatic carbocycles. The molecule has 2 aromatic rings. The fourth-order valence-electron chi connectivity index (χ4n) is 3.06. The quantitative estimate of drug-likeness (QED) is 0.868. The second-order valence-electron chi connectivity index (χ2n) is 6.30. The van der Waals surface area contributed by atoms with Gasteiger partial charge in [0.05, 0.1) is 18.0 Å². The summed E-state index contributed by atoms with van der Waals surface area (Å²) in [5.74, 6) is 0.344. The molecule has 0 saturated heterocycles. The van der Waals surface area contributed by atoms with Crippen LogP contribution >= 0.6 is 0 Å². The molecule has 0 spiro atoms. The number of fused-ring (bicyclic) bond motifs is 1. The fourth-order valence-corrected chi connectivity index (χ4v) is 4.26. The molecule has 1 N–H and O–H groups in total. The van der Waals surface area contributed by atoms with Crippen LogP contribution in [-0.2, 0) is 27.8 Å². The predicted octanol–water partition coefficient (Wildman–Crippen LogP) is 1.95. The minimum Gasteiger partial charge on any atom is -0.497 e. The van der Waals surface area contributed by atoms with E-state index in [1.165, 1.54) is 24.8 Å². The molecule has 0 bridgehead atoms. The normalized spacial score (nSPS) is 15.2. The van der Waals surface area contributed by atoms with Crippen LogP contribution < -0.4 is 9.46 Å². The van der Waals surface area contributed by atoms with E-state index in [9.17, 15) is 13.2 Å². The van der Waals surface area contributed by atoms with Crippen molar-refractivity contribution >= 4 is 15.9 Å². The monoisotopic (exact) mass is 374 g/mol. The molecule has 3 rings (SSSR count). The molecule has 26 heavy (non-hydrogen) atoms. The van der Waals surface area contributed by atoms with Crippen LogP contribution in [0, 0.1) is 0 Å². The van der Waals surface area contributed by atoms with Crippen molar-refractivity contribution in [2.24, 2.45) is 0 Å². The van der Waals surface area contributed by atoms with Crippen molar-refractivity contribution in [1.29, 1.82) is 0 Å². The van der Waals surface area contributed by atoms with Crippen molar-refractivity contribution in [3.8, 4) is 5.75 Å². The first kappa shape index (κ1) is 18.4. The summed E-state index contributed by atoms with van der Waals surface area (Å²) in [6.07, 6.45) is 0.778. The van der Waals surface area contributed by atoms with E-state index in [1.807, 2.05) is 18.2 Å². The molecule has 1 amide bonds. The van der Waals surface area contributed by atoms with Crippen LogP contribution in [0.15, 0.2) is 53.4 Å². The Hall–Kier alpha value is -2.38.